The molecule has 0 amide bonds. The van der Waals surface area contributed by atoms with E-state index in [1.54, 1.807) is 4.68 Å². The smallest absolute Gasteiger partial charge is 0.341 e. The first kappa shape index (κ1) is 14.4. The first-order chi connectivity index (χ1) is 8.58. The van der Waals surface area contributed by atoms with Crippen LogP contribution in [0.5, 0.6) is 0 Å². The van der Waals surface area contributed by atoms with Gasteiger partial charge in [0.25, 0.3) is 0 Å². The highest BCUT2D eigenvalue weighted by atomic mass is 32.1. The monoisotopic (exact) mass is 270 g/mol. The highest BCUT2D eigenvalue weighted by Crippen LogP contribution is 2.13. The van der Waals surface area contributed by atoms with Gasteiger partial charge < -0.3 is 15.7 Å². The lowest BCUT2D eigenvalue weighted by atomic mass is 10.3. The lowest BCUT2D eigenvalue weighted by Gasteiger charge is -2.07. The number of nitrogens with one attached hydrogen (secondary N) is 2. The summed E-state index contributed by atoms with van der Waals surface area (Å²) in [6, 6.07) is 0. The number of hydrogen-bond donors (Lipinski definition) is 3. The summed E-state index contributed by atoms with van der Waals surface area (Å²) in [4.78, 5) is 11.1. The molecule has 100 valence electrons. The Morgan fingerprint density at radius 3 is 2.78 bits per heavy atom. The van der Waals surface area contributed by atoms with Crippen molar-refractivity contribution >= 4 is 29.1 Å². The minimum Gasteiger partial charge on any atom is -0.477 e. The van der Waals surface area contributed by atoms with E-state index in [0.29, 0.717) is 11.7 Å². The van der Waals surface area contributed by atoms with Crippen molar-refractivity contribution in [3.63, 3.8) is 0 Å². The summed E-state index contributed by atoms with van der Waals surface area (Å²) in [5.41, 5.74) is 0.129. The first-order valence-corrected chi connectivity index (χ1v) is 6.34. The molecule has 18 heavy (non-hydrogen) atoms. The lowest BCUT2D eigenvalue weighted by Crippen LogP contribution is -2.29. The zero-order chi connectivity index (χ0) is 13.5. The molecule has 3 N–H and O–H groups in total. The third-order valence-corrected chi connectivity index (χ3v) is 2.46. The summed E-state index contributed by atoms with van der Waals surface area (Å²) in [7, 11) is 0. The largest absolute Gasteiger partial charge is 0.477 e. The lowest BCUT2D eigenvalue weighted by molar-refractivity contribution is 0.0698. The van der Waals surface area contributed by atoms with Crippen LogP contribution < -0.4 is 10.6 Å². The molecule has 0 aliphatic rings. The molecular weight excluding hydrogens is 252 g/mol. The van der Waals surface area contributed by atoms with Gasteiger partial charge in [-0.15, -0.1) is 0 Å². The van der Waals surface area contributed by atoms with E-state index < -0.39 is 5.97 Å². The number of carboxylic acid groups (broad SMARTS) is 1. The summed E-state index contributed by atoms with van der Waals surface area (Å²) in [6.45, 7) is 5.44. The quantitative estimate of drug-likeness (QED) is 0.683. The number of carboxylic acids is 1. The van der Waals surface area contributed by atoms with Gasteiger partial charge in [0.2, 0.25) is 0 Å². The summed E-state index contributed by atoms with van der Waals surface area (Å²) in [5, 5.41) is 19.4. The fourth-order valence-electron chi connectivity index (χ4n) is 1.40. The van der Waals surface area contributed by atoms with Crippen LogP contribution in [0.2, 0.25) is 0 Å². The predicted molar refractivity (Wildman–Crippen MR) is 74.0 cm³/mol. The third-order valence-electron chi connectivity index (χ3n) is 2.21. The molecule has 0 radical (unpaired) electrons. The standard InChI is InChI=1S/C11H18N4O2S/c1-3-5-12-11(18)13-9-8(10(16)17)7-15(14-9)6-4-2/h7H,3-6H2,1-2H3,(H,16,17)(H2,12,13,14,18). The Labute approximate surface area is 111 Å². The summed E-state index contributed by atoms with van der Waals surface area (Å²) >= 11 is 5.06. The number of hydrogen-bond acceptors (Lipinski definition) is 3. The van der Waals surface area contributed by atoms with Gasteiger partial charge in [-0.1, -0.05) is 13.8 Å². The van der Waals surface area contributed by atoms with Crippen molar-refractivity contribution in [3.05, 3.63) is 11.8 Å². The summed E-state index contributed by atoms with van der Waals surface area (Å²) in [5.74, 6) is -0.734. The molecule has 0 aromatic carbocycles. The van der Waals surface area contributed by atoms with Crippen molar-refractivity contribution in [3.8, 4) is 0 Å². The Bertz CT molecular complexity index is 431. The van der Waals surface area contributed by atoms with Crippen LogP contribution in [0.3, 0.4) is 0 Å². The van der Waals surface area contributed by atoms with Gasteiger partial charge in [-0.25, -0.2) is 4.79 Å². The van der Waals surface area contributed by atoms with E-state index in [9.17, 15) is 4.79 Å². The molecule has 0 saturated heterocycles. The van der Waals surface area contributed by atoms with Gasteiger partial charge in [0, 0.05) is 19.3 Å². The van der Waals surface area contributed by atoms with Crippen molar-refractivity contribution in [2.75, 3.05) is 11.9 Å². The molecule has 1 rings (SSSR count). The van der Waals surface area contributed by atoms with Crippen LogP contribution in [-0.2, 0) is 6.54 Å². The SMILES string of the molecule is CCCNC(=S)Nc1nn(CCC)cc1C(=O)O. The number of aryl methyl sites for hydroxylation is 1. The molecule has 0 saturated carbocycles. The van der Waals surface area contributed by atoms with Crippen molar-refractivity contribution < 1.29 is 9.90 Å². The predicted octanol–water partition coefficient (Wildman–Crippen LogP) is 1.69. The molecule has 0 atom stereocenters. The van der Waals surface area contributed by atoms with Crippen molar-refractivity contribution in [2.45, 2.75) is 33.2 Å². The van der Waals surface area contributed by atoms with Crippen molar-refractivity contribution in [1.82, 2.24) is 15.1 Å². The van der Waals surface area contributed by atoms with Gasteiger partial charge in [-0.2, -0.15) is 5.10 Å². The summed E-state index contributed by atoms with van der Waals surface area (Å²) in [6.07, 6.45) is 3.34. The van der Waals surface area contributed by atoms with Gasteiger partial charge in [0.15, 0.2) is 10.9 Å². The molecule has 1 aromatic heterocycles. The van der Waals surface area contributed by atoms with Crippen LogP contribution in [0.25, 0.3) is 0 Å². The second-order valence-corrected chi connectivity index (χ2v) is 4.25. The van der Waals surface area contributed by atoms with E-state index in [0.717, 1.165) is 19.4 Å². The zero-order valence-corrected chi connectivity index (χ0v) is 11.4. The van der Waals surface area contributed by atoms with Gasteiger partial charge >= 0.3 is 5.97 Å². The molecular formula is C11H18N4O2S. The molecule has 7 heteroatoms. The minimum absolute atomic E-state index is 0.129. The van der Waals surface area contributed by atoms with Crippen LogP contribution in [0.4, 0.5) is 5.82 Å². The third kappa shape index (κ3) is 3.99. The molecule has 0 aliphatic heterocycles. The van der Waals surface area contributed by atoms with Crippen LogP contribution in [0.15, 0.2) is 6.20 Å². The average molecular weight is 270 g/mol. The Kier molecular flexibility index (Phi) is 5.57. The number of rotatable bonds is 6. The first-order valence-electron chi connectivity index (χ1n) is 5.94. The number of aromatic nitrogens is 2. The van der Waals surface area contributed by atoms with Gasteiger partial charge in [-0.3, -0.25) is 4.68 Å². The van der Waals surface area contributed by atoms with Crippen LogP contribution >= 0.6 is 12.2 Å². The molecule has 0 unspecified atom stereocenters. The van der Waals surface area contributed by atoms with Crippen LogP contribution in [0.1, 0.15) is 37.0 Å². The average Bonchev–Trinajstić information content (AvgIpc) is 2.70. The van der Waals surface area contributed by atoms with Gasteiger partial charge in [0.1, 0.15) is 5.56 Å². The second kappa shape index (κ2) is 6.95. The van der Waals surface area contributed by atoms with E-state index in [-0.39, 0.29) is 11.4 Å². The molecule has 0 aliphatic carbocycles. The number of aromatic carboxylic acids is 1. The van der Waals surface area contributed by atoms with Crippen molar-refractivity contribution in [2.24, 2.45) is 0 Å². The maximum absolute atomic E-state index is 11.1. The molecule has 1 heterocycles. The number of thiocarbonyl (C=S) groups is 1. The highest BCUT2D eigenvalue weighted by molar-refractivity contribution is 7.80. The number of anilines is 1. The molecule has 6 nitrogen and oxygen atoms in total. The molecule has 0 spiro atoms. The van der Waals surface area contributed by atoms with Crippen LogP contribution in [-0.4, -0.2) is 32.5 Å². The Hall–Kier alpha value is -1.63. The van der Waals surface area contributed by atoms with Crippen LogP contribution in [0, 0.1) is 0 Å². The van der Waals surface area contributed by atoms with E-state index in [2.05, 4.69) is 15.7 Å². The maximum atomic E-state index is 11.1. The fourth-order valence-corrected chi connectivity index (χ4v) is 1.60. The fraction of sp³-hybridized carbons (Fsp3) is 0.545. The maximum Gasteiger partial charge on any atom is 0.341 e. The van der Waals surface area contributed by atoms with E-state index >= 15 is 0 Å². The highest BCUT2D eigenvalue weighted by Gasteiger charge is 2.16. The molecule has 0 fully saturated rings. The second-order valence-electron chi connectivity index (χ2n) is 3.84. The van der Waals surface area contributed by atoms with Gasteiger partial charge in [0.05, 0.1) is 0 Å². The Balaban J connectivity index is 2.79. The topological polar surface area (TPSA) is 79.2 Å². The van der Waals surface area contributed by atoms with E-state index in [1.807, 2.05) is 13.8 Å². The number of carbonyl (C=O) groups is 1. The summed E-state index contributed by atoms with van der Waals surface area (Å²) < 4.78 is 1.61. The zero-order valence-electron chi connectivity index (χ0n) is 10.6. The normalized spacial score (nSPS) is 10.1. The molecule has 0 bridgehead atoms. The molecule has 1 aromatic rings. The number of nitrogens with zero attached hydrogens (tertiary/aromatic N) is 2. The minimum atomic E-state index is -1.02. The Morgan fingerprint density at radius 2 is 2.22 bits per heavy atom. The van der Waals surface area contributed by atoms with Gasteiger partial charge in [-0.05, 0) is 25.1 Å². The van der Waals surface area contributed by atoms with Crippen molar-refractivity contribution in [1.29, 1.82) is 0 Å². The van der Waals surface area contributed by atoms with E-state index in [1.165, 1.54) is 6.20 Å². The Morgan fingerprint density at radius 1 is 1.50 bits per heavy atom. The van der Waals surface area contributed by atoms with E-state index in [4.69, 9.17) is 17.3 Å².